The number of halogens is 4. The van der Waals surface area contributed by atoms with Crippen molar-refractivity contribution in [3.8, 4) is 22.5 Å². The van der Waals surface area contributed by atoms with Gasteiger partial charge in [0.2, 0.25) is 23.0 Å². The van der Waals surface area contributed by atoms with Crippen molar-refractivity contribution in [3.05, 3.63) is 170 Å². The molecule has 5 heterocycles. The molecule has 3 amide bonds. The lowest BCUT2D eigenvalue weighted by Gasteiger charge is -2.30. The van der Waals surface area contributed by atoms with E-state index in [0.29, 0.717) is 51.9 Å². The van der Waals surface area contributed by atoms with Gasteiger partial charge in [0.1, 0.15) is 11.4 Å². The number of allylic oxidation sites excluding steroid dienone is 1. The quantitative estimate of drug-likeness (QED) is 0.0305. The molecule has 2 saturated carbocycles. The molecule has 0 spiro atoms. The highest BCUT2D eigenvalue weighted by Crippen LogP contribution is 2.32. The average Bonchev–Trinajstić information content (AvgIpc) is 4.36. The molecule has 1 saturated heterocycles. The smallest absolute Gasteiger partial charge is 0.251 e. The van der Waals surface area contributed by atoms with Crippen LogP contribution in [0.1, 0.15) is 92.4 Å². The Hall–Kier alpha value is -8.52. The number of fused-ring (bicyclic) bond motifs is 2. The van der Waals surface area contributed by atoms with Gasteiger partial charge in [0, 0.05) is 105 Å². The number of amides is 3. The summed E-state index contributed by atoms with van der Waals surface area (Å²) in [5.74, 6) is -0.811. The van der Waals surface area contributed by atoms with Crippen molar-refractivity contribution in [1.82, 2.24) is 40.5 Å². The first-order chi connectivity index (χ1) is 38.8. The molecule has 0 unspecified atom stereocenters. The predicted molar refractivity (Wildman–Crippen MR) is 324 cm³/mol. The van der Waals surface area contributed by atoms with Crippen molar-refractivity contribution in [3.63, 3.8) is 0 Å². The second-order valence-corrected chi connectivity index (χ2v) is 19.7. The fourth-order valence-corrected chi connectivity index (χ4v) is 9.64. The van der Waals surface area contributed by atoms with Crippen molar-refractivity contribution in [2.24, 2.45) is 0 Å². The third kappa shape index (κ3) is 17.5. The van der Waals surface area contributed by atoms with E-state index in [0.717, 1.165) is 86.0 Å². The molecule has 1 aliphatic heterocycles. The predicted octanol–water partition coefficient (Wildman–Crippen LogP) is 12.3. The zero-order valence-corrected chi connectivity index (χ0v) is 45.9. The van der Waals surface area contributed by atoms with Gasteiger partial charge in [-0.15, -0.1) is 12.4 Å². The van der Waals surface area contributed by atoms with Gasteiger partial charge in [-0.05, 0) is 149 Å². The molecule has 4 aromatic carbocycles. The van der Waals surface area contributed by atoms with E-state index in [4.69, 9.17) is 22.1 Å². The van der Waals surface area contributed by atoms with Crippen LogP contribution in [0.2, 0.25) is 0 Å². The van der Waals surface area contributed by atoms with Crippen LogP contribution in [0.4, 0.5) is 32.1 Å². The van der Waals surface area contributed by atoms with Crippen molar-refractivity contribution < 1.29 is 32.7 Å². The molecule has 3 fully saturated rings. The summed E-state index contributed by atoms with van der Waals surface area (Å²) >= 11 is 4.71. The Bertz CT molecular complexity index is 3420. The number of aromatic nitrogens is 6. The summed E-state index contributed by atoms with van der Waals surface area (Å²) in [5.41, 5.74) is 11.7. The van der Waals surface area contributed by atoms with Crippen LogP contribution >= 0.6 is 24.0 Å². The second kappa shape index (κ2) is 30.9. The van der Waals surface area contributed by atoms with E-state index >= 15 is 0 Å². The van der Waals surface area contributed by atoms with E-state index in [1.54, 1.807) is 60.9 Å². The van der Waals surface area contributed by atoms with Crippen LogP contribution in [-0.4, -0.2) is 90.2 Å². The van der Waals surface area contributed by atoms with E-state index in [9.17, 15) is 28.0 Å². The molecule has 4 atom stereocenters. The van der Waals surface area contributed by atoms with Crippen LogP contribution < -0.4 is 32.3 Å². The Morgan fingerprint density at radius 3 is 1.46 bits per heavy atom. The molecule has 0 bridgehead atoms. The standard InChI is InChI=1S/C28H27FN6O2.C25H25FN6O.C4H8O.C3H3ClO.CH4.ClH/c1-2-25(36)32-18-12-10-17(11-13-18)27(37)33-19-6-5-7-20(14-19)34-28-31-16-23(29)26(35-28)22-15-30-24-9-4-3-8-21(22)24;26-21-14-29-25(32-23(21)20-13-28-22-7-2-1-6-19(20)22)31-18-5-3-4-17(12-18)30-24(33)15-8-10-16(27)11-9-15;1-2-4-5-3-1;1-2-3(4)5;;/h2-4,8-13,15-16,19-20,30H,1,5-7,14H2,(H,32,36)(H,33,37)(H,31,34,35);1-2,6-11,13-14,17-18,28H,3-5,12,27H2,(H,30,33)(H,29,31,32);1-4H2;2H,1H2;1H4;1H/t19-,20+;17-,18+;;;;/m00..../s1. The van der Waals surface area contributed by atoms with Crippen molar-refractivity contribution in [1.29, 1.82) is 0 Å². The van der Waals surface area contributed by atoms with Gasteiger partial charge in [0.25, 0.3) is 11.8 Å². The zero-order chi connectivity index (χ0) is 56.4. The fourth-order valence-electron chi connectivity index (χ4n) is 9.64. The highest BCUT2D eigenvalue weighted by Gasteiger charge is 2.27. The number of hydrogen-bond donors (Lipinski definition) is 8. The minimum Gasteiger partial charge on any atom is -0.399 e. The second-order valence-electron chi connectivity index (χ2n) is 19.4. The third-order valence-electron chi connectivity index (χ3n) is 13.6. The largest absolute Gasteiger partial charge is 0.399 e. The molecule has 9 N–H and O–H groups in total. The highest BCUT2D eigenvalue weighted by atomic mass is 35.5. The van der Waals surface area contributed by atoms with Gasteiger partial charge in [0.05, 0.1) is 12.4 Å². The molecule has 0 radical (unpaired) electrons. The van der Waals surface area contributed by atoms with Crippen LogP contribution in [0.15, 0.2) is 147 Å². The maximum atomic E-state index is 14.7. The van der Waals surface area contributed by atoms with E-state index in [2.05, 4.69) is 69.6 Å². The SMILES string of the molecule is C.C1CCOC1.C=CC(=O)Cl.C=CC(=O)Nc1ccc(C(=O)N[C@H]2CCC[C@@H](Nc3ncc(F)c(-c4c[nH]c5ccccc45)n3)C2)cc1.Cl.Nc1ccc(C(=O)N[C@H]2CCC[C@@H](Nc3ncc(F)c(-c4c[nH]c5ccccc45)n3)C2)cc1. The fraction of sp³-hybridized carbons (Fsp3) is 0.279. The lowest BCUT2D eigenvalue weighted by atomic mass is 9.91. The van der Waals surface area contributed by atoms with Crippen LogP contribution in [0, 0.1) is 11.6 Å². The Balaban J connectivity index is 0.000000222. The van der Waals surface area contributed by atoms with Gasteiger partial charge < -0.3 is 47.0 Å². The Labute approximate surface area is 486 Å². The molecule has 3 aliphatic rings. The lowest BCUT2D eigenvalue weighted by molar-refractivity contribution is -0.112. The lowest BCUT2D eigenvalue weighted by Crippen LogP contribution is -2.42. The van der Waals surface area contributed by atoms with Gasteiger partial charge in [0.15, 0.2) is 11.6 Å². The molecule has 8 aromatic rings. The van der Waals surface area contributed by atoms with Crippen molar-refractivity contribution in [2.45, 2.75) is 95.8 Å². The number of H-pyrrole nitrogens is 2. The van der Waals surface area contributed by atoms with Crippen molar-refractivity contribution >= 4 is 92.0 Å². The summed E-state index contributed by atoms with van der Waals surface area (Å²) in [6, 6.07) is 29.1. The van der Waals surface area contributed by atoms with Gasteiger partial charge in [-0.1, -0.05) is 57.0 Å². The van der Waals surface area contributed by atoms with E-state index in [1.165, 1.54) is 31.3 Å². The zero-order valence-electron chi connectivity index (χ0n) is 44.4. The molecular formula is C61H68Cl2F2N12O5. The van der Waals surface area contributed by atoms with Crippen LogP contribution in [0.25, 0.3) is 44.3 Å². The molecule has 82 heavy (non-hydrogen) atoms. The number of carbonyl (C=O) groups is 4. The Kier molecular flexibility index (Phi) is 23.6. The van der Waals surface area contributed by atoms with Gasteiger partial charge in [-0.2, -0.15) is 0 Å². The number of para-hydroxylation sites is 2. The summed E-state index contributed by atoms with van der Waals surface area (Å²) in [4.78, 5) is 69.8. The van der Waals surface area contributed by atoms with Gasteiger partial charge in [-0.3, -0.25) is 19.2 Å². The average molecular weight is 1160 g/mol. The number of hydrogen-bond acceptors (Lipinski definition) is 12. The minimum absolute atomic E-state index is 0. The number of ether oxygens (including phenoxy) is 1. The van der Waals surface area contributed by atoms with Gasteiger partial charge >= 0.3 is 0 Å². The number of rotatable bonds is 13. The number of nitrogen functional groups attached to an aromatic ring is 1. The topological polar surface area (TPSA) is 247 Å². The van der Waals surface area contributed by atoms with Crippen LogP contribution in [-0.2, 0) is 14.3 Å². The molecule has 430 valence electrons. The molecule has 21 heteroatoms. The van der Waals surface area contributed by atoms with Crippen molar-refractivity contribution in [2.75, 3.05) is 34.9 Å². The Morgan fingerprint density at radius 2 is 1.05 bits per heavy atom. The highest BCUT2D eigenvalue weighted by molar-refractivity contribution is 6.66. The summed E-state index contributed by atoms with van der Waals surface area (Å²) in [6.45, 7) is 8.50. The minimum atomic E-state index is -0.509. The molecular weight excluding hydrogens is 1090 g/mol. The summed E-state index contributed by atoms with van der Waals surface area (Å²) < 4.78 is 34.2. The Morgan fingerprint density at radius 1 is 0.622 bits per heavy atom. The number of anilines is 4. The molecule has 2 aliphatic carbocycles. The number of aromatic amines is 2. The maximum Gasteiger partial charge on any atom is 0.251 e. The monoisotopic (exact) mass is 1160 g/mol. The van der Waals surface area contributed by atoms with E-state index in [-0.39, 0.29) is 73.1 Å². The summed E-state index contributed by atoms with van der Waals surface area (Å²) in [6.07, 6.45) is 17.6. The first-order valence-electron chi connectivity index (χ1n) is 26.5. The molecule has 11 rings (SSSR count). The number of carbonyl (C=O) groups excluding carboxylic acids is 4. The third-order valence-corrected chi connectivity index (χ3v) is 13.8. The summed E-state index contributed by atoms with van der Waals surface area (Å²) in [5, 5.41) is 16.8. The summed E-state index contributed by atoms with van der Waals surface area (Å²) in [7, 11) is 0. The first kappa shape index (κ1) is 62.7. The number of nitrogens with one attached hydrogen (secondary N) is 7. The first-order valence-corrected chi connectivity index (χ1v) is 26.8. The van der Waals surface area contributed by atoms with Gasteiger partial charge in [-0.25, -0.2) is 28.7 Å². The normalized spacial score (nSPS) is 17.0. The number of nitrogens with two attached hydrogens (primary N) is 1. The number of benzene rings is 4. The molecule has 17 nitrogen and oxygen atoms in total. The van der Waals surface area contributed by atoms with E-state index < -0.39 is 16.9 Å². The maximum absolute atomic E-state index is 14.7. The van der Waals surface area contributed by atoms with Crippen LogP contribution in [0.5, 0.6) is 0 Å². The van der Waals surface area contributed by atoms with Crippen LogP contribution in [0.3, 0.4) is 0 Å². The number of nitrogens with zero attached hydrogens (tertiary/aromatic N) is 4. The molecule has 4 aromatic heterocycles. The van der Waals surface area contributed by atoms with E-state index in [1.807, 2.05) is 48.5 Å².